The van der Waals surface area contributed by atoms with E-state index < -0.39 is 0 Å². The Morgan fingerprint density at radius 3 is 2.47 bits per heavy atom. The van der Waals surface area contributed by atoms with Gasteiger partial charge in [-0.3, -0.25) is 10.1 Å². The molecule has 0 aliphatic carbocycles. The molecule has 19 heavy (non-hydrogen) atoms. The fourth-order valence-corrected chi connectivity index (χ4v) is 1.99. The quantitative estimate of drug-likeness (QED) is 0.863. The molecule has 2 atom stereocenters. The van der Waals surface area contributed by atoms with E-state index in [1.54, 1.807) is 13.3 Å². The van der Waals surface area contributed by atoms with Crippen LogP contribution < -0.4 is 10.6 Å². The second-order valence-electron chi connectivity index (χ2n) is 4.36. The van der Waals surface area contributed by atoms with E-state index in [4.69, 9.17) is 4.42 Å². The van der Waals surface area contributed by atoms with E-state index in [0.29, 0.717) is 0 Å². The second kappa shape index (κ2) is 6.20. The molecule has 2 N–H and O–H groups in total. The van der Waals surface area contributed by atoms with Gasteiger partial charge in [0.05, 0.1) is 18.3 Å². The number of carbonyl (C=O) groups is 1. The summed E-state index contributed by atoms with van der Waals surface area (Å²) in [4.78, 5) is 11.6. The molecule has 0 saturated carbocycles. The summed E-state index contributed by atoms with van der Waals surface area (Å²) in [6.45, 7) is 1.83. The molecule has 0 fully saturated rings. The Kier molecular flexibility index (Phi) is 4.36. The third-order valence-electron chi connectivity index (χ3n) is 3.02. The van der Waals surface area contributed by atoms with Gasteiger partial charge in [0, 0.05) is 7.05 Å². The number of nitrogens with one attached hydrogen (secondary N) is 2. The van der Waals surface area contributed by atoms with Crippen LogP contribution in [-0.2, 0) is 4.79 Å². The Morgan fingerprint density at radius 1 is 1.16 bits per heavy atom. The normalized spacial score (nSPS) is 13.8. The predicted molar refractivity (Wildman–Crippen MR) is 73.7 cm³/mol. The molecule has 0 unspecified atom stereocenters. The zero-order valence-corrected chi connectivity index (χ0v) is 11.1. The van der Waals surface area contributed by atoms with Gasteiger partial charge in [-0.2, -0.15) is 0 Å². The molecule has 1 amide bonds. The average molecular weight is 258 g/mol. The molecule has 1 aromatic heterocycles. The Morgan fingerprint density at radius 2 is 1.89 bits per heavy atom. The number of amides is 1. The van der Waals surface area contributed by atoms with Gasteiger partial charge in [-0.05, 0) is 24.6 Å². The van der Waals surface area contributed by atoms with E-state index in [2.05, 4.69) is 10.6 Å². The molecular formula is C15H18N2O2. The van der Waals surface area contributed by atoms with E-state index in [1.807, 2.05) is 49.4 Å². The number of hydrogen-bond donors (Lipinski definition) is 2. The first-order valence-electron chi connectivity index (χ1n) is 6.28. The maximum Gasteiger partial charge on any atom is 0.236 e. The van der Waals surface area contributed by atoms with Crippen LogP contribution in [0.1, 0.15) is 24.3 Å². The van der Waals surface area contributed by atoms with Crippen molar-refractivity contribution in [1.82, 2.24) is 10.6 Å². The van der Waals surface area contributed by atoms with Crippen molar-refractivity contribution in [3.8, 4) is 0 Å². The van der Waals surface area contributed by atoms with Gasteiger partial charge in [-0.15, -0.1) is 0 Å². The van der Waals surface area contributed by atoms with Crippen molar-refractivity contribution in [2.75, 3.05) is 7.05 Å². The summed E-state index contributed by atoms with van der Waals surface area (Å²) in [7, 11) is 1.63. The summed E-state index contributed by atoms with van der Waals surface area (Å²) in [6.07, 6.45) is 1.64. The van der Waals surface area contributed by atoms with Crippen molar-refractivity contribution < 1.29 is 9.21 Å². The summed E-state index contributed by atoms with van der Waals surface area (Å²) in [6, 6.07) is 13.2. The van der Waals surface area contributed by atoms with E-state index in [9.17, 15) is 4.79 Å². The smallest absolute Gasteiger partial charge is 0.236 e. The minimum absolute atomic E-state index is 0.0486. The van der Waals surface area contributed by atoms with Gasteiger partial charge in [0.15, 0.2) is 0 Å². The predicted octanol–water partition coefficient (Wildman–Crippen LogP) is 2.09. The number of hydrogen-bond acceptors (Lipinski definition) is 3. The molecule has 2 aromatic rings. The highest BCUT2D eigenvalue weighted by Gasteiger charge is 2.21. The van der Waals surface area contributed by atoms with Crippen LogP contribution in [0.4, 0.5) is 0 Å². The van der Waals surface area contributed by atoms with Gasteiger partial charge in [-0.25, -0.2) is 0 Å². The summed E-state index contributed by atoms with van der Waals surface area (Å²) < 4.78 is 5.47. The Bertz CT molecular complexity index is 508. The zero-order valence-electron chi connectivity index (χ0n) is 11.1. The lowest BCUT2D eigenvalue weighted by Gasteiger charge is -2.21. The van der Waals surface area contributed by atoms with Gasteiger partial charge in [-0.1, -0.05) is 30.3 Å². The standard InChI is InChI=1S/C15H18N2O2/c1-11(15(18)16-2)17-14(13-9-6-10-19-13)12-7-4-3-5-8-12/h3-11,14,17H,1-2H3,(H,16,18)/t11-,14-/m1/s1. The van der Waals surface area contributed by atoms with Gasteiger partial charge in [0.2, 0.25) is 5.91 Å². The minimum Gasteiger partial charge on any atom is -0.467 e. The van der Waals surface area contributed by atoms with E-state index in [1.165, 1.54) is 0 Å². The van der Waals surface area contributed by atoms with Crippen LogP contribution in [0, 0.1) is 0 Å². The van der Waals surface area contributed by atoms with Crippen LogP contribution in [-0.4, -0.2) is 19.0 Å². The van der Waals surface area contributed by atoms with Crippen LogP contribution >= 0.6 is 0 Å². The molecule has 1 aromatic carbocycles. The van der Waals surface area contributed by atoms with Gasteiger partial charge < -0.3 is 9.73 Å². The molecule has 0 radical (unpaired) electrons. The third-order valence-corrected chi connectivity index (χ3v) is 3.02. The monoisotopic (exact) mass is 258 g/mol. The molecule has 1 heterocycles. The van der Waals surface area contributed by atoms with Crippen LogP contribution in [0.25, 0.3) is 0 Å². The van der Waals surface area contributed by atoms with Crippen molar-refractivity contribution >= 4 is 5.91 Å². The maximum absolute atomic E-state index is 11.6. The number of carbonyl (C=O) groups excluding carboxylic acids is 1. The van der Waals surface area contributed by atoms with Gasteiger partial charge in [0.1, 0.15) is 5.76 Å². The minimum atomic E-state index is -0.305. The zero-order chi connectivity index (χ0) is 13.7. The fraction of sp³-hybridized carbons (Fsp3) is 0.267. The summed E-state index contributed by atoms with van der Waals surface area (Å²) in [5, 5.41) is 5.92. The van der Waals surface area contributed by atoms with Crippen molar-refractivity contribution in [1.29, 1.82) is 0 Å². The topological polar surface area (TPSA) is 54.3 Å². The molecule has 0 aliphatic rings. The first-order chi connectivity index (χ1) is 9.22. The van der Waals surface area contributed by atoms with Crippen LogP contribution in [0.15, 0.2) is 53.1 Å². The van der Waals surface area contributed by atoms with Crippen molar-refractivity contribution in [2.24, 2.45) is 0 Å². The lowest BCUT2D eigenvalue weighted by atomic mass is 10.0. The molecule has 4 heteroatoms. The lowest BCUT2D eigenvalue weighted by Crippen LogP contribution is -2.42. The van der Waals surface area contributed by atoms with Crippen molar-refractivity contribution in [3.63, 3.8) is 0 Å². The molecule has 0 bridgehead atoms. The second-order valence-corrected chi connectivity index (χ2v) is 4.36. The Balaban J connectivity index is 2.24. The van der Waals surface area contributed by atoms with Crippen molar-refractivity contribution in [2.45, 2.75) is 19.0 Å². The van der Waals surface area contributed by atoms with Gasteiger partial charge >= 0.3 is 0 Å². The molecule has 0 aliphatic heterocycles. The summed E-state index contributed by atoms with van der Waals surface area (Å²) in [5.41, 5.74) is 1.06. The molecule has 100 valence electrons. The Labute approximate surface area is 112 Å². The summed E-state index contributed by atoms with van der Waals surface area (Å²) in [5.74, 6) is 0.745. The van der Waals surface area contributed by atoms with E-state index in [-0.39, 0.29) is 18.0 Å². The van der Waals surface area contributed by atoms with E-state index >= 15 is 0 Å². The number of rotatable bonds is 5. The highest BCUT2D eigenvalue weighted by molar-refractivity contribution is 5.81. The highest BCUT2D eigenvalue weighted by Crippen LogP contribution is 2.22. The Hall–Kier alpha value is -2.07. The van der Waals surface area contributed by atoms with Crippen LogP contribution in [0.2, 0.25) is 0 Å². The molecule has 2 rings (SSSR count). The molecule has 4 nitrogen and oxygen atoms in total. The van der Waals surface area contributed by atoms with Crippen molar-refractivity contribution in [3.05, 3.63) is 60.1 Å². The van der Waals surface area contributed by atoms with Crippen LogP contribution in [0.5, 0.6) is 0 Å². The first kappa shape index (κ1) is 13.4. The average Bonchev–Trinajstić information content (AvgIpc) is 2.98. The van der Waals surface area contributed by atoms with Crippen LogP contribution in [0.3, 0.4) is 0 Å². The SMILES string of the molecule is CNC(=O)[C@@H](C)N[C@H](c1ccccc1)c1ccco1. The molecule has 0 spiro atoms. The summed E-state index contributed by atoms with van der Waals surface area (Å²) >= 11 is 0. The highest BCUT2D eigenvalue weighted by atomic mass is 16.3. The van der Waals surface area contributed by atoms with E-state index in [0.717, 1.165) is 11.3 Å². The lowest BCUT2D eigenvalue weighted by molar-refractivity contribution is -0.122. The maximum atomic E-state index is 11.6. The first-order valence-corrected chi connectivity index (χ1v) is 6.28. The van der Waals surface area contributed by atoms with Gasteiger partial charge in [0.25, 0.3) is 0 Å². The fourth-order valence-electron chi connectivity index (χ4n) is 1.99. The number of furan rings is 1. The number of benzene rings is 1. The largest absolute Gasteiger partial charge is 0.467 e. The third kappa shape index (κ3) is 3.23. The molecule has 0 saturated heterocycles. The molecular weight excluding hydrogens is 240 g/mol. The number of likely N-dealkylation sites (N-methyl/N-ethyl adjacent to an activating group) is 1.